The second-order valence-electron chi connectivity index (χ2n) is 6.88. The minimum atomic E-state index is -4.38. The Hall–Kier alpha value is -1.68. The van der Waals surface area contributed by atoms with Crippen LogP contribution in [0.5, 0.6) is 0 Å². The highest BCUT2D eigenvalue weighted by atomic mass is 19.4. The summed E-state index contributed by atoms with van der Waals surface area (Å²) in [4.78, 5) is 14.4. The molecule has 1 aromatic rings. The van der Waals surface area contributed by atoms with Crippen molar-refractivity contribution in [1.82, 2.24) is 15.5 Å². The Balaban J connectivity index is 1.70. The first-order valence-electron chi connectivity index (χ1n) is 9.02. The summed E-state index contributed by atoms with van der Waals surface area (Å²) in [5.74, 6) is -0.211. The van der Waals surface area contributed by atoms with Gasteiger partial charge in [0.15, 0.2) is 0 Å². The van der Waals surface area contributed by atoms with Gasteiger partial charge in [0, 0.05) is 26.2 Å². The lowest BCUT2D eigenvalue weighted by atomic mass is 10.0. The van der Waals surface area contributed by atoms with Gasteiger partial charge in [-0.05, 0) is 24.1 Å². The maximum Gasteiger partial charge on any atom is 0.416 e. The number of halogens is 3. The van der Waals surface area contributed by atoms with Crippen LogP contribution < -0.4 is 10.6 Å². The van der Waals surface area contributed by atoms with Crippen molar-refractivity contribution in [2.45, 2.75) is 30.8 Å². The van der Waals surface area contributed by atoms with E-state index in [-0.39, 0.29) is 18.5 Å². The molecule has 1 amide bonds. The fraction of sp³-hybridized carbons (Fsp3) is 0.611. The molecule has 3 rings (SSSR count). The highest BCUT2D eigenvalue weighted by Gasteiger charge is 2.32. The molecule has 0 aliphatic carbocycles. The van der Waals surface area contributed by atoms with Gasteiger partial charge in [-0.2, -0.15) is 13.2 Å². The SMILES string of the molecule is O=C(NC[C@H](c1ccc(C(F)(F)F)cc1)N1CCOCC1)[C@H]1C[C@@H](O)CN1. The summed E-state index contributed by atoms with van der Waals surface area (Å²) in [6, 6.07) is 4.38. The van der Waals surface area contributed by atoms with Crippen molar-refractivity contribution in [1.29, 1.82) is 0 Å². The third kappa shape index (κ3) is 5.19. The van der Waals surface area contributed by atoms with Gasteiger partial charge >= 0.3 is 6.18 Å². The fourth-order valence-electron chi connectivity index (χ4n) is 3.48. The second kappa shape index (κ2) is 8.55. The average molecular weight is 387 g/mol. The van der Waals surface area contributed by atoms with Gasteiger partial charge in [-0.3, -0.25) is 9.69 Å². The third-order valence-corrected chi connectivity index (χ3v) is 5.00. The Kier molecular flexibility index (Phi) is 6.36. The van der Waals surface area contributed by atoms with Gasteiger partial charge in [0.2, 0.25) is 5.91 Å². The molecular weight excluding hydrogens is 363 g/mol. The van der Waals surface area contributed by atoms with Gasteiger partial charge < -0.3 is 20.5 Å². The van der Waals surface area contributed by atoms with E-state index in [2.05, 4.69) is 15.5 Å². The van der Waals surface area contributed by atoms with Crippen molar-refractivity contribution in [2.75, 3.05) is 39.4 Å². The number of hydrogen-bond acceptors (Lipinski definition) is 5. The number of carbonyl (C=O) groups is 1. The van der Waals surface area contributed by atoms with Crippen LogP contribution in [0.3, 0.4) is 0 Å². The van der Waals surface area contributed by atoms with Crippen LogP contribution in [0.15, 0.2) is 24.3 Å². The van der Waals surface area contributed by atoms with Gasteiger partial charge in [0.05, 0.1) is 37.0 Å². The lowest BCUT2D eigenvalue weighted by Gasteiger charge is -2.35. The number of aliphatic hydroxyl groups excluding tert-OH is 1. The Morgan fingerprint density at radius 1 is 1.30 bits per heavy atom. The molecule has 150 valence electrons. The maximum absolute atomic E-state index is 12.8. The van der Waals surface area contributed by atoms with E-state index in [9.17, 15) is 23.1 Å². The topological polar surface area (TPSA) is 73.8 Å². The first kappa shape index (κ1) is 20.1. The number of carbonyl (C=O) groups excluding carboxylic acids is 1. The van der Waals surface area contributed by atoms with Crippen LogP contribution in [-0.4, -0.2) is 67.5 Å². The van der Waals surface area contributed by atoms with E-state index < -0.39 is 23.9 Å². The highest BCUT2D eigenvalue weighted by molar-refractivity contribution is 5.82. The van der Waals surface area contributed by atoms with Crippen molar-refractivity contribution in [3.8, 4) is 0 Å². The first-order valence-corrected chi connectivity index (χ1v) is 9.02. The van der Waals surface area contributed by atoms with E-state index in [1.807, 2.05) is 0 Å². The van der Waals surface area contributed by atoms with Crippen LogP contribution >= 0.6 is 0 Å². The molecule has 3 N–H and O–H groups in total. The number of benzene rings is 1. The number of amides is 1. The minimum absolute atomic E-state index is 0.211. The molecule has 27 heavy (non-hydrogen) atoms. The van der Waals surface area contributed by atoms with E-state index in [4.69, 9.17) is 4.74 Å². The molecule has 2 saturated heterocycles. The smallest absolute Gasteiger partial charge is 0.392 e. The molecule has 6 nitrogen and oxygen atoms in total. The van der Waals surface area contributed by atoms with Crippen LogP contribution in [0.2, 0.25) is 0 Å². The monoisotopic (exact) mass is 387 g/mol. The maximum atomic E-state index is 12.8. The van der Waals surface area contributed by atoms with Crippen molar-refractivity contribution in [3.05, 3.63) is 35.4 Å². The fourth-order valence-corrected chi connectivity index (χ4v) is 3.48. The summed E-state index contributed by atoms with van der Waals surface area (Å²) < 4.78 is 43.8. The summed E-state index contributed by atoms with van der Waals surface area (Å²) in [6.45, 7) is 3.02. The summed E-state index contributed by atoms with van der Waals surface area (Å²) in [7, 11) is 0. The number of β-amino-alcohol motifs (C(OH)–C–C–N with tert-alkyl or cyclic N) is 1. The lowest BCUT2D eigenvalue weighted by molar-refractivity contribution is -0.137. The molecule has 2 heterocycles. The van der Waals surface area contributed by atoms with E-state index >= 15 is 0 Å². The van der Waals surface area contributed by atoms with Crippen molar-refractivity contribution in [3.63, 3.8) is 0 Å². The van der Waals surface area contributed by atoms with Crippen molar-refractivity contribution < 1.29 is 27.8 Å². The zero-order valence-corrected chi connectivity index (χ0v) is 14.8. The number of aliphatic hydroxyl groups is 1. The van der Waals surface area contributed by atoms with Gasteiger partial charge in [-0.1, -0.05) is 12.1 Å². The Morgan fingerprint density at radius 3 is 2.52 bits per heavy atom. The zero-order chi connectivity index (χ0) is 19.4. The zero-order valence-electron chi connectivity index (χ0n) is 14.8. The van der Waals surface area contributed by atoms with Crippen LogP contribution in [0.4, 0.5) is 13.2 Å². The number of morpholine rings is 1. The molecule has 0 spiro atoms. The predicted octanol–water partition coefficient (Wildman–Crippen LogP) is 0.918. The first-order chi connectivity index (χ1) is 12.8. The Morgan fingerprint density at radius 2 is 1.96 bits per heavy atom. The number of nitrogens with zero attached hydrogens (tertiary/aromatic N) is 1. The van der Waals surface area contributed by atoms with Crippen LogP contribution in [-0.2, 0) is 15.7 Å². The van der Waals surface area contributed by atoms with Crippen molar-refractivity contribution >= 4 is 5.91 Å². The number of hydrogen-bond donors (Lipinski definition) is 3. The summed E-state index contributed by atoms with van der Waals surface area (Å²) >= 11 is 0. The summed E-state index contributed by atoms with van der Waals surface area (Å²) in [5.41, 5.74) is 0.0183. The van der Waals surface area contributed by atoms with Gasteiger partial charge in [0.25, 0.3) is 0 Å². The van der Waals surface area contributed by atoms with Crippen LogP contribution in [0, 0.1) is 0 Å². The molecule has 0 aromatic heterocycles. The summed E-state index contributed by atoms with van der Waals surface area (Å²) in [6.07, 6.45) is -4.56. The quantitative estimate of drug-likeness (QED) is 0.701. The van der Waals surface area contributed by atoms with E-state index in [0.717, 1.165) is 12.1 Å². The largest absolute Gasteiger partial charge is 0.416 e. The second-order valence-corrected chi connectivity index (χ2v) is 6.88. The minimum Gasteiger partial charge on any atom is -0.392 e. The van der Waals surface area contributed by atoms with E-state index in [0.29, 0.717) is 44.8 Å². The van der Waals surface area contributed by atoms with Gasteiger partial charge in [-0.25, -0.2) is 0 Å². The number of ether oxygens (including phenoxy) is 1. The molecule has 0 bridgehead atoms. The highest BCUT2D eigenvalue weighted by Crippen LogP contribution is 2.31. The van der Waals surface area contributed by atoms with Gasteiger partial charge in [0.1, 0.15) is 0 Å². The summed E-state index contributed by atoms with van der Waals surface area (Å²) in [5, 5.41) is 15.4. The molecule has 0 unspecified atom stereocenters. The Bertz CT molecular complexity index is 633. The molecule has 2 aliphatic rings. The molecule has 0 saturated carbocycles. The molecule has 2 aliphatic heterocycles. The van der Waals surface area contributed by atoms with Gasteiger partial charge in [-0.15, -0.1) is 0 Å². The average Bonchev–Trinajstić information content (AvgIpc) is 3.09. The van der Waals surface area contributed by atoms with Crippen molar-refractivity contribution in [2.24, 2.45) is 0 Å². The molecular formula is C18H24F3N3O3. The third-order valence-electron chi connectivity index (χ3n) is 5.00. The molecule has 3 atom stereocenters. The van der Waals surface area contributed by atoms with Crippen LogP contribution in [0.25, 0.3) is 0 Å². The molecule has 2 fully saturated rings. The van der Waals surface area contributed by atoms with E-state index in [1.165, 1.54) is 12.1 Å². The molecule has 0 radical (unpaired) electrons. The predicted molar refractivity (Wildman–Crippen MR) is 92.0 cm³/mol. The normalized spacial score (nSPS) is 25.3. The van der Waals surface area contributed by atoms with E-state index in [1.54, 1.807) is 0 Å². The lowest BCUT2D eigenvalue weighted by Crippen LogP contribution is -2.47. The number of rotatable bonds is 5. The van der Waals surface area contributed by atoms with Crippen LogP contribution in [0.1, 0.15) is 23.6 Å². The standard InChI is InChI=1S/C18H24F3N3O3/c19-18(20,21)13-3-1-12(2-4-13)16(24-5-7-27-8-6-24)11-23-17(26)15-9-14(25)10-22-15/h1-4,14-16,22,25H,5-11H2,(H,23,26)/t14-,15-,16-/m1/s1. The number of nitrogens with one attached hydrogen (secondary N) is 2. The molecule has 1 aromatic carbocycles. The molecule has 9 heteroatoms. The Labute approximate surface area is 155 Å². The number of alkyl halides is 3.